The lowest BCUT2D eigenvalue weighted by Gasteiger charge is -2.20. The standard InChI is InChI=1S/C25H20ClN3O2/c1-17(30)28(2)21-12-14-22(15-13-21)29-24(19-6-4-3-5-7-19)27-23(25(29)31)16-18-8-10-20(26)11-9-18/h3-16H,1-2H3. The summed E-state index contributed by atoms with van der Waals surface area (Å²) >= 11 is 5.97. The molecule has 0 atom stereocenters. The van der Waals surface area contributed by atoms with Crippen molar-refractivity contribution in [2.75, 3.05) is 16.8 Å². The second kappa shape index (κ2) is 8.58. The monoisotopic (exact) mass is 429 g/mol. The van der Waals surface area contributed by atoms with Gasteiger partial charge >= 0.3 is 0 Å². The van der Waals surface area contributed by atoms with Crippen molar-refractivity contribution >= 4 is 46.7 Å². The van der Waals surface area contributed by atoms with Crippen molar-refractivity contribution in [3.8, 4) is 0 Å². The number of halogens is 1. The summed E-state index contributed by atoms with van der Waals surface area (Å²) in [5.74, 6) is 0.268. The van der Waals surface area contributed by atoms with Gasteiger partial charge in [0.2, 0.25) is 5.91 Å². The lowest BCUT2D eigenvalue weighted by molar-refractivity contribution is -0.116. The van der Waals surface area contributed by atoms with Gasteiger partial charge in [0.1, 0.15) is 11.5 Å². The van der Waals surface area contributed by atoms with E-state index in [4.69, 9.17) is 11.6 Å². The van der Waals surface area contributed by atoms with Gasteiger partial charge in [-0.15, -0.1) is 0 Å². The highest BCUT2D eigenvalue weighted by atomic mass is 35.5. The van der Waals surface area contributed by atoms with Crippen LogP contribution in [0.4, 0.5) is 11.4 Å². The Bertz CT molecular complexity index is 1180. The highest BCUT2D eigenvalue weighted by Gasteiger charge is 2.32. The molecular weight excluding hydrogens is 410 g/mol. The minimum absolute atomic E-state index is 0.0651. The highest BCUT2D eigenvalue weighted by Crippen LogP contribution is 2.29. The third kappa shape index (κ3) is 4.27. The average Bonchev–Trinajstić information content (AvgIpc) is 3.11. The Hall–Kier alpha value is -3.70. The normalized spacial score (nSPS) is 14.7. The molecule has 0 saturated heterocycles. The number of anilines is 2. The van der Waals surface area contributed by atoms with E-state index in [9.17, 15) is 9.59 Å². The first-order valence-corrected chi connectivity index (χ1v) is 10.1. The zero-order chi connectivity index (χ0) is 22.0. The smallest absolute Gasteiger partial charge is 0.282 e. The third-order valence-corrected chi connectivity index (χ3v) is 5.29. The maximum atomic E-state index is 13.3. The molecule has 0 spiro atoms. The second-order valence-corrected chi connectivity index (χ2v) is 7.55. The first-order valence-electron chi connectivity index (χ1n) is 9.74. The largest absolute Gasteiger partial charge is 0.316 e. The van der Waals surface area contributed by atoms with Gasteiger partial charge in [0.15, 0.2) is 0 Å². The number of benzene rings is 3. The number of rotatable bonds is 4. The molecule has 0 aliphatic carbocycles. The van der Waals surface area contributed by atoms with E-state index in [1.165, 1.54) is 6.92 Å². The molecular formula is C25H20ClN3O2. The van der Waals surface area contributed by atoms with Crippen LogP contribution in [0.5, 0.6) is 0 Å². The molecule has 3 aromatic rings. The summed E-state index contributed by atoms with van der Waals surface area (Å²) in [6.45, 7) is 1.51. The second-order valence-electron chi connectivity index (χ2n) is 7.12. The van der Waals surface area contributed by atoms with Crippen LogP contribution in [0, 0.1) is 0 Å². The number of amidine groups is 1. The SMILES string of the molecule is CC(=O)N(C)c1ccc(N2C(=O)C(=Cc3ccc(Cl)cc3)N=C2c2ccccc2)cc1. The van der Waals surface area contributed by atoms with Crippen molar-refractivity contribution in [2.45, 2.75) is 6.92 Å². The summed E-state index contributed by atoms with van der Waals surface area (Å²) in [5, 5.41) is 0.630. The predicted octanol–water partition coefficient (Wildman–Crippen LogP) is 5.16. The number of hydrogen-bond donors (Lipinski definition) is 0. The molecule has 0 N–H and O–H groups in total. The lowest BCUT2D eigenvalue weighted by Crippen LogP contribution is -2.32. The molecule has 0 saturated carbocycles. The van der Waals surface area contributed by atoms with E-state index < -0.39 is 0 Å². The molecule has 1 aliphatic rings. The van der Waals surface area contributed by atoms with Gasteiger partial charge in [-0.25, -0.2) is 4.99 Å². The molecule has 0 unspecified atom stereocenters. The molecule has 6 heteroatoms. The van der Waals surface area contributed by atoms with E-state index in [0.717, 1.165) is 16.8 Å². The first-order chi connectivity index (χ1) is 14.9. The van der Waals surface area contributed by atoms with Crippen LogP contribution in [-0.2, 0) is 9.59 Å². The van der Waals surface area contributed by atoms with E-state index in [1.807, 2.05) is 66.7 Å². The number of carbonyl (C=O) groups excluding carboxylic acids is 2. The van der Waals surface area contributed by atoms with Crippen LogP contribution >= 0.6 is 11.6 Å². The van der Waals surface area contributed by atoms with Crippen LogP contribution in [0.3, 0.4) is 0 Å². The van der Waals surface area contributed by atoms with E-state index >= 15 is 0 Å². The van der Waals surface area contributed by atoms with Gasteiger partial charge in [0, 0.05) is 30.2 Å². The fourth-order valence-corrected chi connectivity index (χ4v) is 3.39. The number of hydrogen-bond acceptors (Lipinski definition) is 3. The summed E-state index contributed by atoms with van der Waals surface area (Å²) in [4.78, 5) is 32.8. The molecule has 4 rings (SSSR count). The summed E-state index contributed by atoms with van der Waals surface area (Å²) < 4.78 is 0. The summed E-state index contributed by atoms with van der Waals surface area (Å²) in [6.07, 6.45) is 1.75. The minimum Gasteiger partial charge on any atom is -0.316 e. The topological polar surface area (TPSA) is 53.0 Å². The first kappa shape index (κ1) is 20.6. The number of aliphatic imine (C=N–C) groups is 1. The van der Waals surface area contributed by atoms with Gasteiger partial charge in [-0.05, 0) is 48.0 Å². The zero-order valence-electron chi connectivity index (χ0n) is 17.1. The maximum absolute atomic E-state index is 13.3. The molecule has 0 aromatic heterocycles. The van der Waals surface area contributed by atoms with Crippen molar-refractivity contribution in [1.82, 2.24) is 0 Å². The third-order valence-electron chi connectivity index (χ3n) is 5.03. The van der Waals surface area contributed by atoms with Crippen molar-refractivity contribution in [2.24, 2.45) is 4.99 Å². The van der Waals surface area contributed by atoms with Crippen molar-refractivity contribution < 1.29 is 9.59 Å². The van der Waals surface area contributed by atoms with Crippen LogP contribution in [0.1, 0.15) is 18.1 Å². The molecule has 5 nitrogen and oxygen atoms in total. The number of carbonyl (C=O) groups is 2. The molecule has 1 heterocycles. The molecule has 1 aliphatic heterocycles. The Labute approximate surface area is 185 Å². The lowest BCUT2D eigenvalue weighted by atomic mass is 10.1. The molecule has 0 radical (unpaired) electrons. The Morgan fingerprint density at radius 3 is 2.23 bits per heavy atom. The average molecular weight is 430 g/mol. The number of nitrogens with zero attached hydrogens (tertiary/aromatic N) is 3. The van der Waals surface area contributed by atoms with Crippen LogP contribution in [0.2, 0.25) is 5.02 Å². The van der Waals surface area contributed by atoms with Crippen LogP contribution in [0.15, 0.2) is 89.6 Å². The van der Waals surface area contributed by atoms with Crippen molar-refractivity contribution in [1.29, 1.82) is 0 Å². The summed E-state index contributed by atoms with van der Waals surface area (Å²) in [6, 6.07) is 24.1. The Morgan fingerprint density at radius 1 is 0.968 bits per heavy atom. The van der Waals surface area contributed by atoms with Gasteiger partial charge in [-0.1, -0.05) is 54.1 Å². The van der Waals surface area contributed by atoms with Crippen LogP contribution < -0.4 is 9.80 Å². The van der Waals surface area contributed by atoms with Gasteiger partial charge in [0.05, 0.1) is 5.69 Å². The van der Waals surface area contributed by atoms with Crippen molar-refractivity contribution in [3.05, 3.63) is 101 Å². The van der Waals surface area contributed by atoms with Gasteiger partial charge < -0.3 is 4.90 Å². The molecule has 31 heavy (non-hydrogen) atoms. The Morgan fingerprint density at radius 2 is 1.61 bits per heavy atom. The molecule has 2 amide bonds. The fraction of sp³-hybridized carbons (Fsp3) is 0.0800. The predicted molar refractivity (Wildman–Crippen MR) is 125 cm³/mol. The fourth-order valence-electron chi connectivity index (χ4n) is 3.26. The Kier molecular flexibility index (Phi) is 5.69. The van der Waals surface area contributed by atoms with Crippen LogP contribution in [-0.4, -0.2) is 24.7 Å². The molecule has 3 aromatic carbocycles. The maximum Gasteiger partial charge on any atom is 0.282 e. The van der Waals surface area contributed by atoms with Gasteiger partial charge in [-0.3, -0.25) is 14.5 Å². The minimum atomic E-state index is -0.221. The van der Waals surface area contributed by atoms with Gasteiger partial charge in [0.25, 0.3) is 5.91 Å². The van der Waals surface area contributed by atoms with E-state index in [0.29, 0.717) is 22.2 Å². The molecule has 154 valence electrons. The van der Waals surface area contributed by atoms with Crippen molar-refractivity contribution in [3.63, 3.8) is 0 Å². The van der Waals surface area contributed by atoms with E-state index in [2.05, 4.69) is 4.99 Å². The van der Waals surface area contributed by atoms with Gasteiger partial charge in [-0.2, -0.15) is 0 Å². The molecule has 0 fully saturated rings. The highest BCUT2D eigenvalue weighted by molar-refractivity contribution is 6.33. The zero-order valence-corrected chi connectivity index (χ0v) is 17.9. The summed E-state index contributed by atoms with van der Waals surface area (Å²) in [5.41, 5.74) is 3.43. The van der Waals surface area contributed by atoms with Crippen LogP contribution in [0.25, 0.3) is 6.08 Å². The Balaban J connectivity index is 1.75. The summed E-state index contributed by atoms with van der Waals surface area (Å²) in [7, 11) is 1.71. The quantitative estimate of drug-likeness (QED) is 0.538. The van der Waals surface area contributed by atoms with E-state index in [1.54, 1.807) is 35.1 Å². The number of amides is 2. The molecule has 0 bridgehead atoms. The van der Waals surface area contributed by atoms with E-state index in [-0.39, 0.29) is 11.8 Å².